The zero-order valence-electron chi connectivity index (χ0n) is 15.1. The van der Waals surface area contributed by atoms with Crippen LogP contribution in [0.3, 0.4) is 0 Å². The third-order valence-electron chi connectivity index (χ3n) is 4.24. The fraction of sp³-hybridized carbons (Fsp3) is 0.333. The Morgan fingerprint density at radius 1 is 1.30 bits per heavy atom. The molecule has 0 unspecified atom stereocenters. The van der Waals surface area contributed by atoms with Crippen LogP contribution in [0.4, 0.5) is 4.39 Å². The molecule has 0 amide bonds. The number of rotatable bonds is 8. The van der Waals surface area contributed by atoms with Crippen LogP contribution in [0.5, 0.6) is 0 Å². The van der Waals surface area contributed by atoms with E-state index in [1.54, 1.807) is 13.0 Å². The van der Waals surface area contributed by atoms with Crippen molar-refractivity contribution in [2.24, 2.45) is 11.7 Å². The Balaban J connectivity index is 2.04. The molecule has 6 heteroatoms. The lowest BCUT2D eigenvalue weighted by atomic mass is 9.93. The topological polar surface area (TPSA) is 76.1 Å². The highest BCUT2D eigenvalue weighted by molar-refractivity contribution is 6.30. The number of ether oxygens (including phenoxy) is 1. The molecule has 2 aromatic carbocycles. The number of carbonyl (C=O) groups is 1. The van der Waals surface area contributed by atoms with Crippen LogP contribution in [0.1, 0.15) is 25.3 Å². The van der Waals surface area contributed by atoms with Gasteiger partial charge in [-0.05, 0) is 49.1 Å². The molecule has 0 aromatic heterocycles. The van der Waals surface area contributed by atoms with Crippen molar-refractivity contribution in [2.45, 2.75) is 32.2 Å². The summed E-state index contributed by atoms with van der Waals surface area (Å²) >= 11 is 5.95. The van der Waals surface area contributed by atoms with Gasteiger partial charge in [0.05, 0.1) is 18.6 Å². The first kappa shape index (κ1) is 20.9. The molecular weight excluding hydrogens is 367 g/mol. The van der Waals surface area contributed by atoms with E-state index >= 15 is 0 Å². The Labute approximate surface area is 163 Å². The highest BCUT2D eigenvalue weighted by Gasteiger charge is 2.22. The van der Waals surface area contributed by atoms with Gasteiger partial charge < -0.3 is 10.5 Å². The molecule has 2 rings (SSSR count). The van der Waals surface area contributed by atoms with Crippen LogP contribution in [0, 0.1) is 23.1 Å². The third kappa shape index (κ3) is 6.06. The molecule has 142 valence electrons. The maximum atomic E-state index is 14.0. The Hall–Kier alpha value is -2.42. The summed E-state index contributed by atoms with van der Waals surface area (Å²) in [5.74, 6) is -1.25. The Morgan fingerprint density at radius 2 is 2.00 bits per heavy atom. The summed E-state index contributed by atoms with van der Waals surface area (Å²) in [6.07, 6.45) is 0.996. The van der Waals surface area contributed by atoms with Crippen LogP contribution in [0.25, 0.3) is 11.1 Å². The van der Waals surface area contributed by atoms with Crippen molar-refractivity contribution in [1.29, 1.82) is 5.26 Å². The Kier molecular flexibility index (Phi) is 7.78. The number of nitriles is 1. The number of hydrogen-bond acceptors (Lipinski definition) is 4. The zero-order valence-corrected chi connectivity index (χ0v) is 15.9. The summed E-state index contributed by atoms with van der Waals surface area (Å²) in [5, 5.41) is 9.37. The van der Waals surface area contributed by atoms with E-state index in [9.17, 15) is 9.18 Å². The molecule has 0 heterocycles. The van der Waals surface area contributed by atoms with Gasteiger partial charge in [0.2, 0.25) is 0 Å². The normalized spacial score (nSPS) is 12.9. The third-order valence-corrected chi connectivity index (χ3v) is 4.47. The van der Waals surface area contributed by atoms with Crippen LogP contribution in [0.2, 0.25) is 5.02 Å². The van der Waals surface area contributed by atoms with Gasteiger partial charge in [-0.3, -0.25) is 4.79 Å². The SMILES string of the molecule is CCOC(=O)[C@H](CC#N)C[C@H](N)Cc1ccc(-c2cc(Cl)ccc2F)cc1. The van der Waals surface area contributed by atoms with Gasteiger partial charge in [0.15, 0.2) is 0 Å². The fourth-order valence-corrected chi connectivity index (χ4v) is 3.10. The van der Waals surface area contributed by atoms with Gasteiger partial charge in [-0.25, -0.2) is 4.39 Å². The zero-order chi connectivity index (χ0) is 19.8. The number of nitrogens with zero attached hydrogens (tertiary/aromatic N) is 1. The molecule has 4 nitrogen and oxygen atoms in total. The first-order valence-electron chi connectivity index (χ1n) is 8.78. The Morgan fingerprint density at radius 3 is 2.63 bits per heavy atom. The molecule has 0 saturated heterocycles. The van der Waals surface area contributed by atoms with E-state index in [0.717, 1.165) is 11.1 Å². The summed E-state index contributed by atoms with van der Waals surface area (Å²) in [6.45, 7) is 2.00. The van der Waals surface area contributed by atoms with Gasteiger partial charge in [-0.1, -0.05) is 35.9 Å². The quantitative estimate of drug-likeness (QED) is 0.675. The summed E-state index contributed by atoms with van der Waals surface area (Å²) in [6, 6.07) is 13.5. The molecule has 2 aromatic rings. The van der Waals surface area contributed by atoms with E-state index in [0.29, 0.717) is 23.4 Å². The highest BCUT2D eigenvalue weighted by Crippen LogP contribution is 2.26. The number of esters is 1. The molecule has 2 N–H and O–H groups in total. The number of halogens is 2. The van der Waals surface area contributed by atoms with Gasteiger partial charge in [-0.15, -0.1) is 0 Å². The predicted octanol–water partition coefficient (Wildman–Crippen LogP) is 4.50. The lowest BCUT2D eigenvalue weighted by Crippen LogP contribution is -2.30. The lowest BCUT2D eigenvalue weighted by Gasteiger charge is -2.18. The van der Waals surface area contributed by atoms with Crippen LogP contribution >= 0.6 is 11.6 Å². The van der Waals surface area contributed by atoms with Crippen molar-refractivity contribution in [3.05, 3.63) is 58.9 Å². The minimum atomic E-state index is -0.523. The van der Waals surface area contributed by atoms with Gasteiger partial charge in [-0.2, -0.15) is 5.26 Å². The first-order chi connectivity index (χ1) is 12.9. The summed E-state index contributed by atoms with van der Waals surface area (Å²) in [4.78, 5) is 11.9. The van der Waals surface area contributed by atoms with Crippen molar-refractivity contribution in [3.8, 4) is 17.2 Å². The van der Waals surface area contributed by atoms with Crippen LogP contribution in [0.15, 0.2) is 42.5 Å². The van der Waals surface area contributed by atoms with E-state index in [-0.39, 0.29) is 30.9 Å². The van der Waals surface area contributed by atoms with Gasteiger partial charge >= 0.3 is 5.97 Å². The second-order valence-electron chi connectivity index (χ2n) is 6.33. The predicted molar refractivity (Wildman–Crippen MR) is 103 cm³/mol. The lowest BCUT2D eigenvalue weighted by molar-refractivity contribution is -0.148. The molecule has 0 spiro atoms. The number of carbonyl (C=O) groups excluding carboxylic acids is 1. The smallest absolute Gasteiger partial charge is 0.310 e. The molecule has 2 atom stereocenters. The second kappa shape index (κ2) is 10.1. The number of nitrogens with two attached hydrogens (primary N) is 1. The van der Waals surface area contributed by atoms with Gasteiger partial charge in [0.1, 0.15) is 5.82 Å². The van der Waals surface area contributed by atoms with E-state index < -0.39 is 5.92 Å². The maximum absolute atomic E-state index is 14.0. The summed E-state index contributed by atoms with van der Waals surface area (Å²) < 4.78 is 19.0. The van der Waals surface area contributed by atoms with E-state index in [1.165, 1.54) is 12.1 Å². The monoisotopic (exact) mass is 388 g/mol. The largest absolute Gasteiger partial charge is 0.466 e. The fourth-order valence-electron chi connectivity index (χ4n) is 2.92. The molecule has 0 aliphatic rings. The van der Waals surface area contributed by atoms with E-state index in [1.807, 2.05) is 30.3 Å². The van der Waals surface area contributed by atoms with Gasteiger partial charge in [0.25, 0.3) is 0 Å². The second-order valence-corrected chi connectivity index (χ2v) is 6.77. The molecule has 0 fully saturated rings. The first-order valence-corrected chi connectivity index (χ1v) is 9.16. The average Bonchev–Trinajstić information content (AvgIpc) is 2.64. The van der Waals surface area contributed by atoms with Crippen LogP contribution in [-0.4, -0.2) is 18.6 Å². The molecule has 27 heavy (non-hydrogen) atoms. The molecule has 0 aliphatic heterocycles. The summed E-state index contributed by atoms with van der Waals surface area (Å²) in [7, 11) is 0. The molecule has 0 radical (unpaired) electrons. The summed E-state index contributed by atoms with van der Waals surface area (Å²) in [5.41, 5.74) is 8.30. The molecular formula is C21H22ClFN2O2. The van der Waals surface area contributed by atoms with Crippen molar-refractivity contribution >= 4 is 17.6 Å². The minimum absolute atomic E-state index is 0.0829. The molecule has 0 bridgehead atoms. The molecule has 0 saturated carbocycles. The maximum Gasteiger partial charge on any atom is 0.310 e. The van der Waals surface area contributed by atoms with Crippen molar-refractivity contribution < 1.29 is 13.9 Å². The molecule has 0 aliphatic carbocycles. The average molecular weight is 389 g/mol. The van der Waals surface area contributed by atoms with Crippen LogP contribution in [-0.2, 0) is 16.0 Å². The number of benzene rings is 2. The Bertz CT molecular complexity index is 818. The van der Waals surface area contributed by atoms with Gasteiger partial charge in [0, 0.05) is 23.0 Å². The highest BCUT2D eigenvalue weighted by atomic mass is 35.5. The van der Waals surface area contributed by atoms with Crippen molar-refractivity contribution in [3.63, 3.8) is 0 Å². The number of hydrogen-bond donors (Lipinski definition) is 1. The van der Waals surface area contributed by atoms with E-state index in [2.05, 4.69) is 0 Å². The standard InChI is InChI=1S/C21H22ClFN2O2/c1-2-27-21(26)16(9-10-24)12-18(25)11-14-3-5-15(6-4-14)19-13-17(22)7-8-20(19)23/h3-8,13,16,18H,2,9,11-12,25H2,1H3/t16-,18-/m1/s1. The van der Waals surface area contributed by atoms with E-state index in [4.69, 9.17) is 27.3 Å². The minimum Gasteiger partial charge on any atom is -0.466 e. The van der Waals surface area contributed by atoms with Crippen molar-refractivity contribution in [1.82, 2.24) is 0 Å². The van der Waals surface area contributed by atoms with Crippen molar-refractivity contribution in [2.75, 3.05) is 6.61 Å². The van der Waals surface area contributed by atoms with Crippen LogP contribution < -0.4 is 5.73 Å².